The number of carbonyl (C=O) groups is 5. The van der Waals surface area contributed by atoms with Gasteiger partial charge in [0.25, 0.3) is 11.8 Å². The quantitative estimate of drug-likeness (QED) is 0.146. The first-order valence-corrected chi connectivity index (χ1v) is 14.3. The van der Waals surface area contributed by atoms with Crippen LogP contribution in [0.1, 0.15) is 45.6 Å². The molecule has 1 unspecified atom stereocenters. The Balaban J connectivity index is 1.30. The maximum absolute atomic E-state index is 13.3. The van der Waals surface area contributed by atoms with E-state index in [0.717, 1.165) is 4.90 Å². The minimum Gasteiger partial charge on any atom is -0.462 e. The standard InChI is InChI=1S/C33H27N3O6S/c1-20-11-16-26(42-20)18-28(35-31(39)23-7-4-3-5-8-23)32(40)34-24-9-6-10-27(17-24)43-29-19-30(38)36(33(29)41)25-14-12-22(13-15-25)21(2)37/h3-18,29H,19H2,1-2H3,(H,34,40)(H,35,39). The number of amides is 4. The van der Waals surface area contributed by atoms with E-state index in [1.54, 1.807) is 97.9 Å². The highest BCUT2D eigenvalue weighted by molar-refractivity contribution is 8.00. The highest BCUT2D eigenvalue weighted by Crippen LogP contribution is 2.35. The van der Waals surface area contributed by atoms with Crippen LogP contribution in [0.15, 0.2) is 106 Å². The highest BCUT2D eigenvalue weighted by Gasteiger charge is 2.40. The van der Waals surface area contributed by atoms with E-state index in [1.807, 2.05) is 0 Å². The van der Waals surface area contributed by atoms with Crippen LogP contribution in [-0.4, -0.2) is 34.7 Å². The highest BCUT2D eigenvalue weighted by atomic mass is 32.2. The van der Waals surface area contributed by atoms with Gasteiger partial charge in [-0.25, -0.2) is 4.90 Å². The zero-order valence-corrected chi connectivity index (χ0v) is 24.1. The van der Waals surface area contributed by atoms with Gasteiger partial charge in [0.1, 0.15) is 17.2 Å². The van der Waals surface area contributed by atoms with Crippen molar-refractivity contribution in [3.05, 3.63) is 119 Å². The number of benzene rings is 3. The molecule has 4 amide bonds. The Kier molecular flexibility index (Phi) is 8.68. The van der Waals surface area contributed by atoms with Crippen molar-refractivity contribution < 1.29 is 28.4 Å². The van der Waals surface area contributed by atoms with Crippen molar-refractivity contribution in [2.45, 2.75) is 30.4 Å². The van der Waals surface area contributed by atoms with Crippen LogP contribution < -0.4 is 15.5 Å². The molecule has 0 spiro atoms. The number of rotatable bonds is 9. The summed E-state index contributed by atoms with van der Waals surface area (Å²) in [6.07, 6.45) is 1.46. The fourth-order valence-electron chi connectivity index (χ4n) is 4.44. The number of Topliss-reactive ketones (excluding diaryl/α,β-unsaturated/α-hetero) is 1. The summed E-state index contributed by atoms with van der Waals surface area (Å²) in [5.41, 5.74) is 1.69. The average Bonchev–Trinajstić information content (AvgIpc) is 3.53. The van der Waals surface area contributed by atoms with Crippen LogP contribution in [0.25, 0.3) is 6.08 Å². The van der Waals surface area contributed by atoms with Crippen LogP contribution in [0.2, 0.25) is 0 Å². The third-order valence-electron chi connectivity index (χ3n) is 6.58. The largest absolute Gasteiger partial charge is 0.462 e. The number of hydrogen-bond acceptors (Lipinski definition) is 7. The van der Waals surface area contributed by atoms with Crippen LogP contribution >= 0.6 is 11.8 Å². The van der Waals surface area contributed by atoms with E-state index < -0.39 is 17.1 Å². The molecule has 216 valence electrons. The zero-order valence-electron chi connectivity index (χ0n) is 23.3. The van der Waals surface area contributed by atoms with Gasteiger partial charge in [-0.05, 0) is 80.6 Å². The van der Waals surface area contributed by atoms with E-state index in [2.05, 4.69) is 10.6 Å². The summed E-state index contributed by atoms with van der Waals surface area (Å²) in [5, 5.41) is 4.80. The number of aryl methyl sites for hydroxylation is 1. The Morgan fingerprint density at radius 2 is 1.65 bits per heavy atom. The summed E-state index contributed by atoms with van der Waals surface area (Å²) < 4.78 is 5.58. The first-order chi connectivity index (χ1) is 20.7. The molecule has 43 heavy (non-hydrogen) atoms. The maximum atomic E-state index is 13.3. The molecule has 3 aromatic carbocycles. The van der Waals surface area contributed by atoms with E-state index in [4.69, 9.17) is 4.42 Å². The Morgan fingerprint density at radius 1 is 0.907 bits per heavy atom. The number of thioether (sulfide) groups is 1. The molecule has 2 N–H and O–H groups in total. The lowest BCUT2D eigenvalue weighted by Gasteiger charge is -2.15. The van der Waals surface area contributed by atoms with Crippen LogP contribution in [0.3, 0.4) is 0 Å². The van der Waals surface area contributed by atoms with Crippen molar-refractivity contribution in [1.29, 1.82) is 0 Å². The molecule has 1 atom stereocenters. The Hall–Kier alpha value is -5.22. The lowest BCUT2D eigenvalue weighted by molar-refractivity contribution is -0.121. The first-order valence-electron chi connectivity index (χ1n) is 13.4. The lowest BCUT2D eigenvalue weighted by atomic mass is 10.1. The van der Waals surface area contributed by atoms with Crippen LogP contribution in [-0.2, 0) is 14.4 Å². The van der Waals surface area contributed by atoms with E-state index >= 15 is 0 Å². The van der Waals surface area contributed by atoms with E-state index in [-0.39, 0.29) is 29.7 Å². The molecule has 1 fully saturated rings. The van der Waals surface area contributed by atoms with Crippen molar-refractivity contribution in [3.63, 3.8) is 0 Å². The second kappa shape index (κ2) is 12.7. The van der Waals surface area contributed by atoms with Crippen molar-refractivity contribution in [2.75, 3.05) is 10.2 Å². The average molecular weight is 594 g/mol. The Bertz CT molecular complexity index is 1740. The summed E-state index contributed by atoms with van der Waals surface area (Å²) in [4.78, 5) is 65.5. The van der Waals surface area contributed by atoms with Gasteiger partial charge in [-0.3, -0.25) is 24.0 Å². The minimum absolute atomic E-state index is 0.00944. The number of ketones is 1. The molecule has 1 aliphatic rings. The molecule has 0 aliphatic carbocycles. The second-order valence-corrected chi connectivity index (χ2v) is 11.1. The van der Waals surface area contributed by atoms with Gasteiger partial charge < -0.3 is 15.1 Å². The second-order valence-electron chi connectivity index (χ2n) is 9.79. The third kappa shape index (κ3) is 6.99. The molecule has 10 heteroatoms. The molecule has 4 aromatic rings. The lowest BCUT2D eigenvalue weighted by Crippen LogP contribution is -2.31. The number of nitrogens with zero attached hydrogens (tertiary/aromatic N) is 1. The fraction of sp³-hybridized carbons (Fsp3) is 0.121. The molecule has 0 radical (unpaired) electrons. The molecule has 0 saturated carbocycles. The van der Waals surface area contributed by atoms with E-state index in [9.17, 15) is 24.0 Å². The fourth-order valence-corrected chi connectivity index (χ4v) is 5.55. The van der Waals surface area contributed by atoms with Crippen molar-refractivity contribution in [3.8, 4) is 0 Å². The Labute approximate surface area is 252 Å². The molecule has 1 saturated heterocycles. The summed E-state index contributed by atoms with van der Waals surface area (Å²) in [6, 6.07) is 25.2. The van der Waals surface area contributed by atoms with Gasteiger partial charge >= 0.3 is 0 Å². The van der Waals surface area contributed by atoms with Gasteiger partial charge in [0.15, 0.2) is 5.78 Å². The number of imide groups is 1. The SMILES string of the molecule is CC(=O)c1ccc(N2C(=O)CC(Sc3cccc(NC(=O)C(=Cc4ccc(C)o4)NC(=O)c4ccccc4)c3)C2=O)cc1. The van der Waals surface area contributed by atoms with Gasteiger partial charge in [0.05, 0.1) is 10.9 Å². The predicted octanol–water partition coefficient (Wildman–Crippen LogP) is 5.62. The van der Waals surface area contributed by atoms with Crippen LogP contribution in [0.4, 0.5) is 11.4 Å². The van der Waals surface area contributed by atoms with Crippen molar-refractivity contribution in [2.24, 2.45) is 0 Å². The normalized spacial score (nSPS) is 15.0. The number of carbonyl (C=O) groups excluding carboxylic acids is 5. The predicted molar refractivity (Wildman–Crippen MR) is 164 cm³/mol. The van der Waals surface area contributed by atoms with Gasteiger partial charge in [0, 0.05) is 34.2 Å². The van der Waals surface area contributed by atoms with E-state index in [1.165, 1.54) is 24.8 Å². The van der Waals surface area contributed by atoms with Crippen LogP contribution in [0, 0.1) is 6.92 Å². The molecule has 2 heterocycles. The zero-order chi connectivity index (χ0) is 30.5. The van der Waals surface area contributed by atoms with Crippen molar-refractivity contribution in [1.82, 2.24) is 5.32 Å². The number of anilines is 2. The molecule has 1 aliphatic heterocycles. The van der Waals surface area contributed by atoms with Gasteiger partial charge in [-0.1, -0.05) is 24.3 Å². The molecular weight excluding hydrogens is 566 g/mol. The van der Waals surface area contributed by atoms with Gasteiger partial charge in [-0.15, -0.1) is 11.8 Å². The minimum atomic E-state index is -0.659. The summed E-state index contributed by atoms with van der Waals surface area (Å²) >= 11 is 1.22. The molecule has 0 bridgehead atoms. The molecule has 1 aromatic heterocycles. The summed E-state index contributed by atoms with van der Waals surface area (Å²) in [7, 11) is 0. The molecule has 9 nitrogen and oxygen atoms in total. The molecule has 5 rings (SSSR count). The smallest absolute Gasteiger partial charge is 0.272 e. The van der Waals surface area contributed by atoms with Crippen molar-refractivity contribution >= 4 is 58.6 Å². The van der Waals surface area contributed by atoms with E-state index in [0.29, 0.717) is 38.9 Å². The topological polar surface area (TPSA) is 126 Å². The molecular formula is C33H27N3O6S. The summed E-state index contributed by atoms with van der Waals surface area (Å²) in [5.74, 6) is -0.792. The maximum Gasteiger partial charge on any atom is 0.272 e. The third-order valence-corrected chi connectivity index (χ3v) is 7.76. The van der Waals surface area contributed by atoms with Gasteiger partial charge in [-0.2, -0.15) is 0 Å². The first kappa shape index (κ1) is 29.3. The van der Waals surface area contributed by atoms with Crippen LogP contribution in [0.5, 0.6) is 0 Å². The monoisotopic (exact) mass is 593 g/mol. The summed E-state index contributed by atoms with van der Waals surface area (Å²) in [6.45, 7) is 3.22. The van der Waals surface area contributed by atoms with Gasteiger partial charge in [0.2, 0.25) is 11.8 Å². The number of furan rings is 1. The Morgan fingerprint density at radius 3 is 2.33 bits per heavy atom. The number of nitrogens with one attached hydrogen (secondary N) is 2. The number of hydrogen-bond donors (Lipinski definition) is 2.